The molecule has 6 nitrogen and oxygen atoms in total. The highest BCUT2D eigenvalue weighted by Gasteiger charge is 2.56. The number of nitrogens with zero attached hydrogens (tertiary/aromatic N) is 2. The lowest BCUT2D eigenvalue weighted by Crippen LogP contribution is -2.50. The van der Waals surface area contributed by atoms with Gasteiger partial charge < -0.3 is 20.2 Å². The molecular weight excluding hydrogens is 222 g/mol. The third kappa shape index (κ3) is 1.67. The molecule has 0 unspecified atom stereocenters. The molecule has 2 N–H and O–H groups in total. The van der Waals surface area contributed by atoms with E-state index in [1.165, 1.54) is 0 Å². The first kappa shape index (κ1) is 10.8. The Morgan fingerprint density at radius 3 is 2.88 bits per heavy atom. The summed E-state index contributed by atoms with van der Waals surface area (Å²) in [7, 11) is 0. The number of carboxylic acid groups (broad SMARTS) is 1. The first-order chi connectivity index (χ1) is 8.12. The molecule has 0 spiro atoms. The highest BCUT2D eigenvalue weighted by Crippen LogP contribution is 2.47. The number of amides is 2. The van der Waals surface area contributed by atoms with Gasteiger partial charge in [-0.05, 0) is 12.8 Å². The van der Waals surface area contributed by atoms with Crippen LogP contribution in [0.3, 0.4) is 0 Å². The van der Waals surface area contributed by atoms with Crippen molar-refractivity contribution >= 4 is 12.0 Å². The van der Waals surface area contributed by atoms with Gasteiger partial charge >= 0.3 is 12.0 Å². The predicted molar refractivity (Wildman–Crippen MR) is 59.7 cm³/mol. The zero-order valence-corrected chi connectivity index (χ0v) is 9.69. The lowest BCUT2D eigenvalue weighted by molar-refractivity contribution is -0.138. The third-order valence-corrected chi connectivity index (χ3v) is 4.10. The van der Waals surface area contributed by atoms with Gasteiger partial charge in [-0.3, -0.25) is 4.79 Å². The molecule has 0 aromatic carbocycles. The zero-order valence-electron chi connectivity index (χ0n) is 9.69. The summed E-state index contributed by atoms with van der Waals surface area (Å²) in [6.07, 6.45) is 1.75. The van der Waals surface area contributed by atoms with Crippen LogP contribution < -0.4 is 5.32 Å². The van der Waals surface area contributed by atoms with E-state index >= 15 is 0 Å². The average Bonchev–Trinajstić information content (AvgIpc) is 2.97. The predicted octanol–water partition coefficient (Wildman–Crippen LogP) is -0.297. The number of nitrogens with one attached hydrogen (secondary N) is 1. The number of rotatable bonds is 3. The first-order valence-electron chi connectivity index (χ1n) is 6.13. The Balaban J connectivity index is 1.76. The second-order valence-electron chi connectivity index (χ2n) is 5.24. The highest BCUT2D eigenvalue weighted by atomic mass is 16.4. The summed E-state index contributed by atoms with van der Waals surface area (Å²) in [5, 5.41) is 12.2. The minimum atomic E-state index is -0.807. The minimum Gasteiger partial charge on any atom is -0.481 e. The van der Waals surface area contributed by atoms with Gasteiger partial charge in [0.25, 0.3) is 0 Å². The first-order valence-corrected chi connectivity index (χ1v) is 6.13. The second-order valence-corrected chi connectivity index (χ2v) is 5.24. The van der Waals surface area contributed by atoms with Crippen LogP contribution >= 0.6 is 0 Å². The molecule has 1 aliphatic carbocycles. The van der Waals surface area contributed by atoms with Crippen LogP contribution in [0.4, 0.5) is 4.79 Å². The molecule has 6 heteroatoms. The fourth-order valence-electron chi connectivity index (χ4n) is 2.98. The maximum absolute atomic E-state index is 12.2. The SMILES string of the molecule is O=C(O)CC1(N2C[C@@H]3CNCCN3C2=O)CC1. The summed E-state index contributed by atoms with van der Waals surface area (Å²) in [6.45, 7) is 3.08. The number of carbonyl (C=O) groups excluding carboxylic acids is 1. The Morgan fingerprint density at radius 2 is 2.29 bits per heavy atom. The van der Waals surface area contributed by atoms with Crippen molar-refractivity contribution in [2.75, 3.05) is 26.2 Å². The van der Waals surface area contributed by atoms with Crippen LogP contribution in [-0.4, -0.2) is 64.7 Å². The van der Waals surface area contributed by atoms with Crippen LogP contribution in [0.5, 0.6) is 0 Å². The number of aliphatic carboxylic acids is 1. The second kappa shape index (κ2) is 3.60. The molecule has 2 heterocycles. The lowest BCUT2D eigenvalue weighted by atomic mass is 10.1. The quantitative estimate of drug-likeness (QED) is 0.709. The van der Waals surface area contributed by atoms with Gasteiger partial charge in [0.2, 0.25) is 0 Å². The number of carboxylic acids is 1. The Morgan fingerprint density at radius 1 is 1.53 bits per heavy atom. The summed E-state index contributed by atoms with van der Waals surface area (Å²) >= 11 is 0. The van der Waals surface area contributed by atoms with Crippen molar-refractivity contribution in [2.24, 2.45) is 0 Å². The van der Waals surface area contributed by atoms with Gasteiger partial charge in [-0.2, -0.15) is 0 Å². The van der Waals surface area contributed by atoms with Crippen molar-refractivity contribution in [2.45, 2.75) is 30.8 Å². The standard InChI is InChI=1S/C11H17N3O3/c15-9(16)5-11(1-2-11)14-7-8-6-12-3-4-13(8)10(14)17/h8,12H,1-7H2,(H,15,16)/t8-/m0/s1. The van der Waals surface area contributed by atoms with Crippen molar-refractivity contribution in [1.29, 1.82) is 0 Å². The molecule has 1 saturated carbocycles. The number of hydrogen-bond donors (Lipinski definition) is 2. The summed E-state index contributed by atoms with van der Waals surface area (Å²) in [4.78, 5) is 26.8. The molecule has 2 aliphatic heterocycles. The van der Waals surface area contributed by atoms with E-state index in [0.29, 0.717) is 6.54 Å². The number of urea groups is 1. The van der Waals surface area contributed by atoms with E-state index in [0.717, 1.165) is 32.5 Å². The molecule has 0 aromatic rings. The van der Waals surface area contributed by atoms with Gasteiger partial charge in [-0.15, -0.1) is 0 Å². The molecule has 3 aliphatic rings. The normalized spacial score (nSPS) is 30.4. The molecule has 1 atom stereocenters. The van der Waals surface area contributed by atoms with Crippen LogP contribution in [0.25, 0.3) is 0 Å². The van der Waals surface area contributed by atoms with Gasteiger partial charge in [0.05, 0.1) is 18.0 Å². The molecule has 0 bridgehead atoms. The largest absolute Gasteiger partial charge is 0.481 e. The fraction of sp³-hybridized carbons (Fsp3) is 0.818. The van der Waals surface area contributed by atoms with E-state index in [-0.39, 0.29) is 24.0 Å². The van der Waals surface area contributed by atoms with E-state index in [2.05, 4.69) is 5.32 Å². The van der Waals surface area contributed by atoms with Crippen LogP contribution in [0, 0.1) is 0 Å². The zero-order chi connectivity index (χ0) is 12.0. The maximum atomic E-state index is 12.2. The molecule has 2 saturated heterocycles. The Hall–Kier alpha value is -1.30. The average molecular weight is 239 g/mol. The van der Waals surface area contributed by atoms with Crippen molar-refractivity contribution < 1.29 is 14.7 Å². The third-order valence-electron chi connectivity index (χ3n) is 4.10. The van der Waals surface area contributed by atoms with Crippen molar-refractivity contribution in [1.82, 2.24) is 15.1 Å². The number of fused-ring (bicyclic) bond motifs is 1. The van der Waals surface area contributed by atoms with Gasteiger partial charge in [-0.1, -0.05) is 0 Å². The maximum Gasteiger partial charge on any atom is 0.320 e. The molecule has 3 fully saturated rings. The molecule has 0 aromatic heterocycles. The Kier molecular flexibility index (Phi) is 2.29. The molecule has 0 radical (unpaired) electrons. The smallest absolute Gasteiger partial charge is 0.320 e. The number of carbonyl (C=O) groups is 2. The molecule has 17 heavy (non-hydrogen) atoms. The number of piperazine rings is 1. The van der Waals surface area contributed by atoms with Crippen LogP contribution in [-0.2, 0) is 4.79 Å². The lowest BCUT2D eigenvalue weighted by Gasteiger charge is -2.28. The van der Waals surface area contributed by atoms with Crippen LogP contribution in [0.1, 0.15) is 19.3 Å². The molecule has 3 rings (SSSR count). The Bertz CT molecular complexity index is 367. The monoisotopic (exact) mass is 239 g/mol. The fourth-order valence-corrected chi connectivity index (χ4v) is 2.98. The molecule has 94 valence electrons. The number of hydrogen-bond acceptors (Lipinski definition) is 3. The minimum absolute atomic E-state index is 0.0373. The van der Waals surface area contributed by atoms with E-state index < -0.39 is 5.97 Å². The van der Waals surface area contributed by atoms with Crippen molar-refractivity contribution in [3.63, 3.8) is 0 Å². The van der Waals surface area contributed by atoms with Gasteiger partial charge in [0, 0.05) is 26.2 Å². The summed E-state index contributed by atoms with van der Waals surface area (Å²) in [5.41, 5.74) is -0.375. The van der Waals surface area contributed by atoms with E-state index in [1.54, 1.807) is 4.90 Å². The van der Waals surface area contributed by atoms with Crippen LogP contribution in [0.15, 0.2) is 0 Å². The van der Waals surface area contributed by atoms with Gasteiger partial charge in [0.1, 0.15) is 0 Å². The molecular formula is C11H17N3O3. The highest BCUT2D eigenvalue weighted by molar-refractivity contribution is 5.80. The van der Waals surface area contributed by atoms with E-state index in [1.807, 2.05) is 4.90 Å². The summed E-state index contributed by atoms with van der Waals surface area (Å²) < 4.78 is 0. The van der Waals surface area contributed by atoms with E-state index in [4.69, 9.17) is 5.11 Å². The topological polar surface area (TPSA) is 72.9 Å². The molecule has 2 amide bonds. The van der Waals surface area contributed by atoms with Gasteiger partial charge in [0.15, 0.2) is 0 Å². The van der Waals surface area contributed by atoms with E-state index in [9.17, 15) is 9.59 Å². The van der Waals surface area contributed by atoms with Gasteiger partial charge in [-0.25, -0.2) is 4.79 Å². The van der Waals surface area contributed by atoms with Crippen molar-refractivity contribution in [3.05, 3.63) is 0 Å². The summed E-state index contributed by atoms with van der Waals surface area (Å²) in [6, 6.07) is 0.262. The summed E-state index contributed by atoms with van der Waals surface area (Å²) in [5.74, 6) is -0.807. The van der Waals surface area contributed by atoms with Crippen LogP contribution in [0.2, 0.25) is 0 Å². The Labute approximate surface area is 99.6 Å². The van der Waals surface area contributed by atoms with Crippen molar-refractivity contribution in [3.8, 4) is 0 Å².